The Morgan fingerprint density at radius 2 is 2.21 bits per heavy atom. The molecule has 0 N–H and O–H groups in total. The van der Waals surface area contributed by atoms with Gasteiger partial charge in [0.1, 0.15) is 6.10 Å². The molecule has 1 heterocycles. The molecule has 1 aromatic heterocycles. The second-order valence-corrected chi connectivity index (χ2v) is 4.28. The van der Waals surface area contributed by atoms with E-state index in [1.54, 1.807) is 13.3 Å². The molecule has 1 aliphatic rings. The van der Waals surface area contributed by atoms with Crippen LogP contribution in [-0.4, -0.2) is 31.5 Å². The van der Waals surface area contributed by atoms with E-state index in [9.17, 15) is 4.79 Å². The molecule has 1 aromatic rings. The average molecular weight is 263 g/mol. The fourth-order valence-corrected chi connectivity index (χ4v) is 2.08. The van der Waals surface area contributed by atoms with E-state index in [0.29, 0.717) is 5.88 Å². The number of pyridine rings is 1. The lowest BCUT2D eigenvalue weighted by atomic mass is 9.93. The monoisotopic (exact) mass is 263 g/mol. The van der Waals surface area contributed by atoms with Gasteiger partial charge < -0.3 is 14.2 Å². The van der Waals surface area contributed by atoms with Gasteiger partial charge in [-0.2, -0.15) is 0 Å². The van der Waals surface area contributed by atoms with Gasteiger partial charge in [0.2, 0.25) is 5.88 Å². The minimum absolute atomic E-state index is 0.224. The zero-order valence-corrected chi connectivity index (χ0v) is 11.1. The van der Waals surface area contributed by atoms with Crippen LogP contribution in [0.4, 0.5) is 4.79 Å². The summed E-state index contributed by atoms with van der Waals surface area (Å²) in [5.41, 5.74) is 2.16. The maximum Gasteiger partial charge on any atom is 0.508 e. The van der Waals surface area contributed by atoms with Crippen molar-refractivity contribution in [3.8, 4) is 5.88 Å². The predicted octanol–water partition coefficient (Wildman–Crippen LogP) is 2.81. The van der Waals surface area contributed by atoms with Crippen molar-refractivity contribution in [2.45, 2.75) is 25.4 Å². The van der Waals surface area contributed by atoms with Crippen LogP contribution in [0.2, 0.25) is 0 Å². The summed E-state index contributed by atoms with van der Waals surface area (Å²) < 4.78 is 14.7. The molecule has 5 nitrogen and oxygen atoms in total. The van der Waals surface area contributed by atoms with E-state index in [0.717, 1.165) is 30.4 Å². The zero-order valence-electron chi connectivity index (χ0n) is 11.1. The first-order valence-corrected chi connectivity index (χ1v) is 6.18. The van der Waals surface area contributed by atoms with Crippen LogP contribution in [-0.2, 0) is 9.47 Å². The van der Waals surface area contributed by atoms with E-state index < -0.39 is 6.16 Å². The molecule has 0 saturated heterocycles. The Labute approximate surface area is 112 Å². The number of ether oxygens (including phenoxy) is 3. The third kappa shape index (κ3) is 3.47. The highest BCUT2D eigenvalue weighted by molar-refractivity contribution is 5.67. The summed E-state index contributed by atoms with van der Waals surface area (Å²) in [4.78, 5) is 15.3. The van der Waals surface area contributed by atoms with Gasteiger partial charge in [0.05, 0.1) is 14.2 Å². The van der Waals surface area contributed by atoms with Crippen LogP contribution in [0.15, 0.2) is 24.4 Å². The second kappa shape index (κ2) is 6.22. The van der Waals surface area contributed by atoms with Crippen LogP contribution in [0, 0.1) is 0 Å². The van der Waals surface area contributed by atoms with Gasteiger partial charge in [-0.25, -0.2) is 9.78 Å². The third-order valence-electron chi connectivity index (χ3n) is 3.05. The molecule has 0 fully saturated rings. The molecule has 0 bridgehead atoms. The smallest absolute Gasteiger partial charge is 0.481 e. The summed E-state index contributed by atoms with van der Waals surface area (Å²) in [6, 6.07) is 3.78. The van der Waals surface area contributed by atoms with Crippen LogP contribution >= 0.6 is 0 Å². The number of rotatable bonds is 3. The van der Waals surface area contributed by atoms with Crippen molar-refractivity contribution in [1.82, 2.24) is 4.98 Å². The fraction of sp³-hybridized carbons (Fsp3) is 0.429. The van der Waals surface area contributed by atoms with Crippen molar-refractivity contribution >= 4 is 11.7 Å². The molecular weight excluding hydrogens is 246 g/mol. The van der Waals surface area contributed by atoms with E-state index in [4.69, 9.17) is 9.47 Å². The maximum absolute atomic E-state index is 11.1. The van der Waals surface area contributed by atoms with Gasteiger partial charge in [0.15, 0.2) is 0 Å². The molecule has 0 aliphatic heterocycles. The lowest BCUT2D eigenvalue weighted by molar-refractivity contribution is 0.0486. The molecule has 0 aromatic carbocycles. The minimum Gasteiger partial charge on any atom is -0.481 e. The number of allylic oxidation sites excluding steroid dienone is 1. The Balaban J connectivity index is 2.11. The lowest BCUT2D eigenvalue weighted by Crippen LogP contribution is -2.18. The molecule has 0 spiro atoms. The van der Waals surface area contributed by atoms with Crippen molar-refractivity contribution in [2.75, 3.05) is 14.2 Å². The molecular formula is C14H17NO4. The largest absolute Gasteiger partial charge is 0.508 e. The summed E-state index contributed by atoms with van der Waals surface area (Å²) in [5, 5.41) is 0. The van der Waals surface area contributed by atoms with Gasteiger partial charge in [0.25, 0.3) is 0 Å². The topological polar surface area (TPSA) is 57.7 Å². The van der Waals surface area contributed by atoms with Crippen LogP contribution < -0.4 is 4.74 Å². The highest BCUT2D eigenvalue weighted by atomic mass is 16.7. The van der Waals surface area contributed by atoms with Crippen LogP contribution in [0.25, 0.3) is 5.57 Å². The average Bonchev–Trinajstić information content (AvgIpc) is 2.47. The maximum atomic E-state index is 11.1. The molecule has 0 saturated carbocycles. The first kappa shape index (κ1) is 13.4. The summed E-state index contributed by atoms with van der Waals surface area (Å²) in [7, 11) is 2.89. The van der Waals surface area contributed by atoms with Gasteiger partial charge in [-0.15, -0.1) is 0 Å². The van der Waals surface area contributed by atoms with E-state index in [1.165, 1.54) is 7.11 Å². The standard InChI is InChI=1S/C14H17NO4/c1-17-13-7-6-11(9-15-13)10-4-3-5-12(8-10)19-14(16)18-2/h6-9,12H,3-5H2,1-2H3. The van der Waals surface area contributed by atoms with Crippen molar-refractivity contribution in [3.05, 3.63) is 30.0 Å². The number of hydrogen-bond donors (Lipinski definition) is 0. The fourth-order valence-electron chi connectivity index (χ4n) is 2.08. The van der Waals surface area contributed by atoms with Crippen molar-refractivity contribution in [3.63, 3.8) is 0 Å². The minimum atomic E-state index is -0.643. The van der Waals surface area contributed by atoms with Gasteiger partial charge in [-0.3, -0.25) is 0 Å². The number of aromatic nitrogens is 1. The van der Waals surface area contributed by atoms with Gasteiger partial charge in [-0.05, 0) is 42.5 Å². The Morgan fingerprint density at radius 1 is 1.37 bits per heavy atom. The van der Waals surface area contributed by atoms with E-state index in [-0.39, 0.29) is 6.10 Å². The first-order valence-electron chi connectivity index (χ1n) is 6.18. The number of carbonyl (C=O) groups is 1. The molecule has 1 unspecified atom stereocenters. The Morgan fingerprint density at radius 3 is 2.84 bits per heavy atom. The van der Waals surface area contributed by atoms with Gasteiger partial charge >= 0.3 is 6.16 Å². The highest BCUT2D eigenvalue weighted by Crippen LogP contribution is 2.28. The molecule has 0 amide bonds. The highest BCUT2D eigenvalue weighted by Gasteiger charge is 2.18. The normalized spacial score (nSPS) is 18.4. The Bertz CT molecular complexity index is 467. The predicted molar refractivity (Wildman–Crippen MR) is 69.9 cm³/mol. The van der Waals surface area contributed by atoms with Crippen LogP contribution in [0.5, 0.6) is 5.88 Å². The summed E-state index contributed by atoms with van der Waals surface area (Å²) in [6.45, 7) is 0. The summed E-state index contributed by atoms with van der Waals surface area (Å²) in [5.74, 6) is 0.586. The number of methoxy groups -OCH3 is 2. The molecule has 19 heavy (non-hydrogen) atoms. The third-order valence-corrected chi connectivity index (χ3v) is 3.05. The van der Waals surface area contributed by atoms with E-state index in [2.05, 4.69) is 9.72 Å². The van der Waals surface area contributed by atoms with Crippen LogP contribution in [0.3, 0.4) is 0 Å². The molecule has 0 radical (unpaired) electrons. The Hall–Kier alpha value is -2.04. The van der Waals surface area contributed by atoms with Crippen molar-refractivity contribution in [2.24, 2.45) is 0 Å². The Kier molecular flexibility index (Phi) is 4.39. The van der Waals surface area contributed by atoms with Crippen molar-refractivity contribution in [1.29, 1.82) is 0 Å². The van der Waals surface area contributed by atoms with Gasteiger partial charge in [-0.1, -0.05) is 0 Å². The molecule has 1 aliphatic carbocycles. The lowest BCUT2D eigenvalue weighted by Gasteiger charge is -2.20. The SMILES string of the molecule is COC(=O)OC1C=C(c2ccc(OC)nc2)CCC1. The van der Waals surface area contributed by atoms with Crippen molar-refractivity contribution < 1.29 is 19.0 Å². The van der Waals surface area contributed by atoms with E-state index in [1.807, 2.05) is 18.2 Å². The van der Waals surface area contributed by atoms with Gasteiger partial charge in [0, 0.05) is 12.3 Å². The summed E-state index contributed by atoms with van der Waals surface area (Å²) >= 11 is 0. The second-order valence-electron chi connectivity index (χ2n) is 4.28. The molecule has 102 valence electrons. The number of carbonyl (C=O) groups excluding carboxylic acids is 1. The quantitative estimate of drug-likeness (QED) is 0.785. The first-order chi connectivity index (χ1) is 9.22. The number of nitrogens with zero attached hydrogens (tertiary/aromatic N) is 1. The van der Waals surface area contributed by atoms with Crippen LogP contribution in [0.1, 0.15) is 24.8 Å². The molecule has 1 atom stereocenters. The molecule has 5 heteroatoms. The zero-order chi connectivity index (χ0) is 13.7. The molecule has 2 rings (SSSR count). The number of hydrogen-bond acceptors (Lipinski definition) is 5. The van der Waals surface area contributed by atoms with E-state index >= 15 is 0 Å². The summed E-state index contributed by atoms with van der Waals surface area (Å²) in [6.07, 6.45) is 5.61.